The quantitative estimate of drug-likeness (QED) is 0.810. The molecule has 0 saturated carbocycles. The molecule has 0 aromatic heterocycles. The maximum absolute atomic E-state index is 12.9. The number of hydrazine groups is 1. The molecule has 0 atom stereocenters. The van der Waals surface area contributed by atoms with E-state index in [9.17, 15) is 18.4 Å². The highest BCUT2D eigenvalue weighted by Gasteiger charge is 2.10. The van der Waals surface area contributed by atoms with E-state index in [1.165, 1.54) is 0 Å². The molecule has 0 saturated heterocycles. The van der Waals surface area contributed by atoms with Crippen LogP contribution in [0.3, 0.4) is 0 Å². The van der Waals surface area contributed by atoms with Crippen LogP contribution in [0.1, 0.15) is 30.6 Å². The van der Waals surface area contributed by atoms with E-state index in [1.54, 1.807) is 0 Å². The summed E-state index contributed by atoms with van der Waals surface area (Å²) in [7, 11) is 0. The van der Waals surface area contributed by atoms with Gasteiger partial charge >= 0.3 is 0 Å². The molecular weight excluding hydrogens is 242 g/mol. The standard InChI is InChI=1S/C12H14F2N2O2/c1-7(2)3-11(17)15-16-12(18)8-4-9(13)6-10(14)5-8/h4-7H,3H2,1-2H3,(H,15,17)(H,16,18). The Bertz CT molecular complexity index is 441. The summed E-state index contributed by atoms with van der Waals surface area (Å²) in [6.07, 6.45) is 0.248. The average Bonchev–Trinajstić information content (AvgIpc) is 2.23. The molecule has 0 bridgehead atoms. The lowest BCUT2D eigenvalue weighted by Gasteiger charge is -2.08. The number of nitrogens with one attached hydrogen (secondary N) is 2. The first-order chi connectivity index (χ1) is 8.38. The van der Waals surface area contributed by atoms with Gasteiger partial charge in [-0.3, -0.25) is 20.4 Å². The monoisotopic (exact) mass is 256 g/mol. The fourth-order valence-electron chi connectivity index (χ4n) is 1.31. The summed E-state index contributed by atoms with van der Waals surface area (Å²) in [5, 5.41) is 0. The fourth-order valence-corrected chi connectivity index (χ4v) is 1.31. The lowest BCUT2D eigenvalue weighted by Crippen LogP contribution is -2.42. The molecule has 0 aliphatic rings. The Morgan fingerprint density at radius 3 is 2.17 bits per heavy atom. The second-order valence-electron chi connectivity index (χ2n) is 4.26. The third-order valence-electron chi connectivity index (χ3n) is 2.03. The minimum absolute atomic E-state index is 0.147. The van der Waals surface area contributed by atoms with E-state index >= 15 is 0 Å². The topological polar surface area (TPSA) is 58.2 Å². The van der Waals surface area contributed by atoms with Crippen LogP contribution in [-0.2, 0) is 4.79 Å². The number of halogens is 2. The van der Waals surface area contributed by atoms with Crippen LogP contribution in [0.2, 0.25) is 0 Å². The molecule has 6 heteroatoms. The predicted octanol–water partition coefficient (Wildman–Crippen LogP) is 1.77. The number of benzene rings is 1. The second kappa shape index (κ2) is 6.09. The summed E-state index contributed by atoms with van der Waals surface area (Å²) in [5.74, 6) is -2.70. The van der Waals surface area contributed by atoms with E-state index in [4.69, 9.17) is 0 Å². The van der Waals surface area contributed by atoms with Gasteiger partial charge in [-0.1, -0.05) is 13.8 Å². The molecule has 2 N–H and O–H groups in total. The number of rotatable bonds is 3. The molecule has 0 aliphatic carbocycles. The van der Waals surface area contributed by atoms with Crippen molar-refractivity contribution in [3.8, 4) is 0 Å². The summed E-state index contributed by atoms with van der Waals surface area (Å²) in [6, 6.07) is 2.42. The van der Waals surface area contributed by atoms with E-state index in [1.807, 2.05) is 13.8 Å². The van der Waals surface area contributed by atoms with Crippen LogP contribution in [0.4, 0.5) is 8.78 Å². The lowest BCUT2D eigenvalue weighted by molar-refractivity contribution is -0.122. The van der Waals surface area contributed by atoms with Crippen LogP contribution in [-0.4, -0.2) is 11.8 Å². The van der Waals surface area contributed by atoms with Crippen molar-refractivity contribution in [3.63, 3.8) is 0 Å². The third kappa shape index (κ3) is 4.48. The van der Waals surface area contributed by atoms with Crippen molar-refractivity contribution in [1.82, 2.24) is 10.9 Å². The molecule has 0 fully saturated rings. The fraction of sp³-hybridized carbons (Fsp3) is 0.333. The number of hydrogen-bond acceptors (Lipinski definition) is 2. The molecule has 0 heterocycles. The van der Waals surface area contributed by atoms with Crippen LogP contribution in [0.25, 0.3) is 0 Å². The van der Waals surface area contributed by atoms with Crippen LogP contribution >= 0.6 is 0 Å². The SMILES string of the molecule is CC(C)CC(=O)NNC(=O)c1cc(F)cc(F)c1. The van der Waals surface area contributed by atoms with Gasteiger partial charge in [0.05, 0.1) is 0 Å². The third-order valence-corrected chi connectivity index (χ3v) is 2.03. The molecule has 1 aromatic carbocycles. The molecule has 0 spiro atoms. The van der Waals surface area contributed by atoms with Gasteiger partial charge in [-0.2, -0.15) is 0 Å². The van der Waals surface area contributed by atoms with E-state index in [0.29, 0.717) is 6.07 Å². The zero-order valence-electron chi connectivity index (χ0n) is 10.1. The van der Waals surface area contributed by atoms with Crippen molar-refractivity contribution < 1.29 is 18.4 Å². The van der Waals surface area contributed by atoms with Gasteiger partial charge in [-0.15, -0.1) is 0 Å². The van der Waals surface area contributed by atoms with Crippen molar-refractivity contribution in [2.75, 3.05) is 0 Å². The van der Waals surface area contributed by atoms with Crippen LogP contribution in [0, 0.1) is 17.6 Å². The molecule has 1 aromatic rings. The zero-order chi connectivity index (χ0) is 13.7. The van der Waals surface area contributed by atoms with Crippen molar-refractivity contribution >= 4 is 11.8 Å². The predicted molar refractivity (Wildman–Crippen MR) is 61.4 cm³/mol. The highest BCUT2D eigenvalue weighted by atomic mass is 19.1. The smallest absolute Gasteiger partial charge is 0.269 e. The van der Waals surface area contributed by atoms with Crippen LogP contribution in [0.15, 0.2) is 18.2 Å². The van der Waals surface area contributed by atoms with Crippen molar-refractivity contribution in [2.24, 2.45) is 5.92 Å². The minimum atomic E-state index is -0.853. The van der Waals surface area contributed by atoms with Gasteiger partial charge in [-0.05, 0) is 18.1 Å². The first-order valence-corrected chi connectivity index (χ1v) is 5.43. The Labute approximate surface area is 103 Å². The summed E-state index contributed by atoms with van der Waals surface area (Å²) in [4.78, 5) is 22.7. The van der Waals surface area contributed by atoms with Crippen LogP contribution < -0.4 is 10.9 Å². The van der Waals surface area contributed by atoms with Gasteiger partial charge in [0.15, 0.2) is 0 Å². The van der Waals surface area contributed by atoms with Crippen molar-refractivity contribution in [2.45, 2.75) is 20.3 Å². The van der Waals surface area contributed by atoms with Gasteiger partial charge < -0.3 is 0 Å². The highest BCUT2D eigenvalue weighted by molar-refractivity contribution is 5.95. The maximum atomic E-state index is 12.9. The number of carbonyl (C=O) groups is 2. The molecule has 0 radical (unpaired) electrons. The molecule has 1 rings (SSSR count). The summed E-state index contributed by atoms with van der Waals surface area (Å²) >= 11 is 0. The summed E-state index contributed by atoms with van der Waals surface area (Å²) in [6.45, 7) is 3.70. The molecule has 18 heavy (non-hydrogen) atoms. The Morgan fingerprint density at radius 2 is 1.67 bits per heavy atom. The Morgan fingerprint density at radius 1 is 1.11 bits per heavy atom. The summed E-state index contributed by atoms with van der Waals surface area (Å²) < 4.78 is 25.7. The van der Waals surface area contributed by atoms with Crippen LogP contribution in [0.5, 0.6) is 0 Å². The Kier molecular flexibility index (Phi) is 4.76. The average molecular weight is 256 g/mol. The Hall–Kier alpha value is -1.98. The second-order valence-corrected chi connectivity index (χ2v) is 4.26. The van der Waals surface area contributed by atoms with Gasteiger partial charge in [0.1, 0.15) is 11.6 Å². The minimum Gasteiger partial charge on any atom is -0.273 e. The van der Waals surface area contributed by atoms with Crippen molar-refractivity contribution in [1.29, 1.82) is 0 Å². The number of amides is 2. The largest absolute Gasteiger partial charge is 0.273 e. The van der Waals surface area contributed by atoms with E-state index in [2.05, 4.69) is 10.9 Å². The first kappa shape index (κ1) is 14.1. The van der Waals surface area contributed by atoms with E-state index in [0.717, 1.165) is 12.1 Å². The first-order valence-electron chi connectivity index (χ1n) is 5.43. The molecule has 0 unspecified atom stereocenters. The molecule has 98 valence electrons. The molecule has 0 aliphatic heterocycles. The number of carbonyl (C=O) groups excluding carboxylic acids is 2. The molecule has 2 amide bonds. The molecular formula is C12H14F2N2O2. The van der Waals surface area contributed by atoms with E-state index < -0.39 is 17.5 Å². The van der Waals surface area contributed by atoms with Crippen molar-refractivity contribution in [3.05, 3.63) is 35.4 Å². The Balaban J connectivity index is 2.58. The van der Waals surface area contributed by atoms with Gasteiger partial charge in [0, 0.05) is 18.1 Å². The lowest BCUT2D eigenvalue weighted by atomic mass is 10.1. The highest BCUT2D eigenvalue weighted by Crippen LogP contribution is 2.07. The van der Waals surface area contributed by atoms with Gasteiger partial charge in [0.25, 0.3) is 5.91 Å². The van der Waals surface area contributed by atoms with E-state index in [-0.39, 0.29) is 23.8 Å². The number of hydrogen-bond donors (Lipinski definition) is 2. The molecule has 4 nitrogen and oxygen atoms in total. The maximum Gasteiger partial charge on any atom is 0.269 e. The normalized spacial score (nSPS) is 10.3. The van der Waals surface area contributed by atoms with Gasteiger partial charge in [-0.25, -0.2) is 8.78 Å². The zero-order valence-corrected chi connectivity index (χ0v) is 10.1. The van der Waals surface area contributed by atoms with Gasteiger partial charge in [0.2, 0.25) is 5.91 Å². The summed E-state index contributed by atoms with van der Waals surface area (Å²) in [5.41, 5.74) is 4.06.